The zero-order valence-corrected chi connectivity index (χ0v) is 6.50. The first-order valence-corrected chi connectivity index (χ1v) is 3.84. The number of hydrogen-bond donors (Lipinski definition) is 2. The second-order valence-corrected chi connectivity index (χ2v) is 2.66. The highest BCUT2D eigenvalue weighted by atomic mass is 16.2. The van der Waals surface area contributed by atoms with Crippen molar-refractivity contribution in [2.45, 2.75) is 6.42 Å². The highest BCUT2D eigenvalue weighted by Crippen LogP contribution is 2.14. The van der Waals surface area contributed by atoms with Crippen LogP contribution in [0.4, 0.5) is 10.5 Å². The molecule has 62 valence electrons. The molecule has 0 bridgehead atoms. The summed E-state index contributed by atoms with van der Waals surface area (Å²) >= 11 is 0. The number of hydrogen-bond acceptors (Lipinski definition) is 2. The summed E-state index contributed by atoms with van der Waals surface area (Å²) < 4.78 is 0. The molecular weight excluding hydrogens is 154 g/mol. The average molecular weight is 163 g/mol. The Morgan fingerprint density at radius 1 is 1.50 bits per heavy atom. The van der Waals surface area contributed by atoms with E-state index in [0.717, 1.165) is 17.7 Å². The summed E-state index contributed by atoms with van der Waals surface area (Å²) in [5.74, 6) is 0. The van der Waals surface area contributed by atoms with Gasteiger partial charge < -0.3 is 10.6 Å². The molecule has 0 saturated heterocycles. The monoisotopic (exact) mass is 163 g/mol. The summed E-state index contributed by atoms with van der Waals surface area (Å²) in [6.07, 6.45) is 4.26. The summed E-state index contributed by atoms with van der Waals surface area (Å²) in [6.45, 7) is 0.683. The standard InChI is InChI=1S/C8H9N3O/c12-8-10-4-2-6-1-3-9-5-7(6)11-8/h1,3,5H,2,4H2,(H2,10,11,12). The number of anilines is 1. The average Bonchev–Trinajstić information content (AvgIpc) is 2.25. The second-order valence-electron chi connectivity index (χ2n) is 2.66. The molecule has 12 heavy (non-hydrogen) atoms. The molecule has 0 atom stereocenters. The third-order valence-corrected chi connectivity index (χ3v) is 1.84. The number of fused-ring (bicyclic) bond motifs is 1. The van der Waals surface area contributed by atoms with E-state index in [1.807, 2.05) is 6.07 Å². The SMILES string of the molecule is O=C1NCCc2ccncc2N1. The van der Waals surface area contributed by atoms with E-state index in [2.05, 4.69) is 15.6 Å². The van der Waals surface area contributed by atoms with E-state index in [1.54, 1.807) is 12.4 Å². The first-order chi connectivity index (χ1) is 5.86. The number of amides is 2. The molecule has 1 aromatic heterocycles. The first-order valence-electron chi connectivity index (χ1n) is 3.84. The Hall–Kier alpha value is -1.58. The van der Waals surface area contributed by atoms with Crippen LogP contribution >= 0.6 is 0 Å². The van der Waals surface area contributed by atoms with Gasteiger partial charge >= 0.3 is 6.03 Å². The maximum atomic E-state index is 11.0. The van der Waals surface area contributed by atoms with Gasteiger partial charge in [-0.3, -0.25) is 4.98 Å². The number of nitrogens with one attached hydrogen (secondary N) is 2. The van der Waals surface area contributed by atoms with Crippen molar-refractivity contribution in [1.29, 1.82) is 0 Å². The van der Waals surface area contributed by atoms with Crippen molar-refractivity contribution < 1.29 is 4.79 Å². The van der Waals surface area contributed by atoms with Gasteiger partial charge in [-0.15, -0.1) is 0 Å². The smallest absolute Gasteiger partial charge is 0.319 e. The largest absolute Gasteiger partial charge is 0.338 e. The molecule has 2 heterocycles. The molecule has 1 aliphatic heterocycles. The first kappa shape index (κ1) is 7.09. The number of carbonyl (C=O) groups is 1. The second kappa shape index (κ2) is 2.81. The van der Waals surface area contributed by atoms with E-state index in [1.165, 1.54) is 0 Å². The Kier molecular flexibility index (Phi) is 1.66. The van der Waals surface area contributed by atoms with Crippen LogP contribution in [0.5, 0.6) is 0 Å². The molecule has 0 fully saturated rings. The lowest BCUT2D eigenvalue weighted by atomic mass is 10.2. The van der Waals surface area contributed by atoms with E-state index in [4.69, 9.17) is 0 Å². The molecule has 0 aliphatic carbocycles. The Morgan fingerprint density at radius 2 is 2.42 bits per heavy atom. The Labute approximate surface area is 70.0 Å². The normalized spacial score (nSPS) is 15.5. The highest BCUT2D eigenvalue weighted by molar-refractivity contribution is 5.90. The lowest BCUT2D eigenvalue weighted by molar-refractivity contribution is 0.252. The Bertz CT molecular complexity index is 311. The van der Waals surface area contributed by atoms with Crippen LogP contribution in [0.3, 0.4) is 0 Å². The van der Waals surface area contributed by atoms with Gasteiger partial charge in [0.15, 0.2) is 0 Å². The lowest BCUT2D eigenvalue weighted by Gasteiger charge is -2.02. The van der Waals surface area contributed by atoms with Crippen molar-refractivity contribution in [2.75, 3.05) is 11.9 Å². The maximum Gasteiger partial charge on any atom is 0.319 e. The van der Waals surface area contributed by atoms with E-state index in [0.29, 0.717) is 6.54 Å². The van der Waals surface area contributed by atoms with Gasteiger partial charge in [-0.1, -0.05) is 0 Å². The molecule has 4 heteroatoms. The molecule has 0 radical (unpaired) electrons. The summed E-state index contributed by atoms with van der Waals surface area (Å²) in [7, 11) is 0. The molecule has 0 unspecified atom stereocenters. The fourth-order valence-corrected chi connectivity index (χ4v) is 1.23. The number of pyridine rings is 1. The molecule has 2 N–H and O–H groups in total. The van der Waals surface area contributed by atoms with Gasteiger partial charge in [0.1, 0.15) is 0 Å². The molecule has 2 amide bonds. The van der Waals surface area contributed by atoms with E-state index < -0.39 is 0 Å². The summed E-state index contributed by atoms with van der Waals surface area (Å²) in [6, 6.07) is 1.77. The fraction of sp³-hybridized carbons (Fsp3) is 0.250. The van der Waals surface area contributed by atoms with Gasteiger partial charge in [0.05, 0.1) is 11.9 Å². The van der Waals surface area contributed by atoms with Crippen LogP contribution in [0.15, 0.2) is 18.5 Å². The Morgan fingerprint density at radius 3 is 3.33 bits per heavy atom. The summed E-state index contributed by atoms with van der Waals surface area (Å²) in [4.78, 5) is 14.9. The fourth-order valence-electron chi connectivity index (χ4n) is 1.23. The quantitative estimate of drug-likeness (QED) is 0.593. The van der Waals surface area contributed by atoms with E-state index in [-0.39, 0.29) is 6.03 Å². The van der Waals surface area contributed by atoms with Crippen molar-refractivity contribution in [3.05, 3.63) is 24.0 Å². The Balaban J connectivity index is 2.37. The molecule has 1 aromatic rings. The number of nitrogens with zero attached hydrogens (tertiary/aromatic N) is 1. The van der Waals surface area contributed by atoms with Gasteiger partial charge in [-0.2, -0.15) is 0 Å². The predicted molar refractivity (Wildman–Crippen MR) is 45.0 cm³/mol. The minimum absolute atomic E-state index is 0.151. The molecule has 1 aliphatic rings. The topological polar surface area (TPSA) is 54.0 Å². The van der Waals surface area contributed by atoms with Crippen LogP contribution in [0.1, 0.15) is 5.56 Å². The zero-order valence-electron chi connectivity index (χ0n) is 6.50. The molecule has 0 saturated carbocycles. The van der Waals surface area contributed by atoms with Crippen LogP contribution in [-0.4, -0.2) is 17.6 Å². The van der Waals surface area contributed by atoms with Crippen molar-refractivity contribution in [3.63, 3.8) is 0 Å². The number of aromatic nitrogens is 1. The zero-order chi connectivity index (χ0) is 8.39. The lowest BCUT2D eigenvalue weighted by Crippen LogP contribution is -2.27. The van der Waals surface area contributed by atoms with E-state index in [9.17, 15) is 4.79 Å². The number of urea groups is 1. The van der Waals surface area contributed by atoms with Crippen molar-refractivity contribution >= 4 is 11.7 Å². The van der Waals surface area contributed by atoms with Gasteiger partial charge in [0.25, 0.3) is 0 Å². The van der Waals surface area contributed by atoms with Gasteiger partial charge in [-0.25, -0.2) is 4.79 Å². The third kappa shape index (κ3) is 1.23. The van der Waals surface area contributed by atoms with Crippen LogP contribution in [-0.2, 0) is 6.42 Å². The van der Waals surface area contributed by atoms with Crippen molar-refractivity contribution in [2.24, 2.45) is 0 Å². The molecular formula is C8H9N3O. The number of carbonyl (C=O) groups excluding carboxylic acids is 1. The molecule has 4 nitrogen and oxygen atoms in total. The molecule has 0 aromatic carbocycles. The minimum Gasteiger partial charge on any atom is -0.338 e. The highest BCUT2D eigenvalue weighted by Gasteiger charge is 2.10. The summed E-state index contributed by atoms with van der Waals surface area (Å²) in [5.41, 5.74) is 1.94. The van der Waals surface area contributed by atoms with Gasteiger partial charge in [-0.05, 0) is 18.1 Å². The van der Waals surface area contributed by atoms with Crippen LogP contribution in [0, 0.1) is 0 Å². The summed E-state index contributed by atoms with van der Waals surface area (Å²) in [5, 5.41) is 5.42. The molecule has 2 rings (SSSR count). The third-order valence-electron chi connectivity index (χ3n) is 1.84. The minimum atomic E-state index is -0.151. The van der Waals surface area contributed by atoms with Crippen molar-refractivity contribution in [1.82, 2.24) is 10.3 Å². The van der Waals surface area contributed by atoms with E-state index >= 15 is 0 Å². The van der Waals surface area contributed by atoms with Crippen LogP contribution < -0.4 is 10.6 Å². The predicted octanol–water partition coefficient (Wildman–Crippen LogP) is 0.759. The van der Waals surface area contributed by atoms with Gasteiger partial charge in [0.2, 0.25) is 0 Å². The van der Waals surface area contributed by atoms with Crippen molar-refractivity contribution in [3.8, 4) is 0 Å². The number of rotatable bonds is 0. The molecule has 0 spiro atoms. The maximum absolute atomic E-state index is 11.0. The van der Waals surface area contributed by atoms with Crippen LogP contribution in [0.2, 0.25) is 0 Å². The van der Waals surface area contributed by atoms with Crippen LogP contribution in [0.25, 0.3) is 0 Å². The van der Waals surface area contributed by atoms with Gasteiger partial charge in [0, 0.05) is 12.7 Å².